The van der Waals surface area contributed by atoms with Gasteiger partial charge < -0.3 is 9.29 Å². The topological polar surface area (TPSA) is 131 Å². The first-order chi connectivity index (χ1) is 16.4. The van der Waals surface area contributed by atoms with E-state index in [1.165, 1.54) is 16.4 Å². The van der Waals surface area contributed by atoms with Gasteiger partial charge in [0, 0.05) is 40.3 Å². The maximum absolute atomic E-state index is 12.3. The molecular weight excluding hydrogens is 460 g/mol. The normalized spacial score (nSPS) is 15.9. The van der Waals surface area contributed by atoms with Crippen LogP contribution in [0, 0.1) is 10.1 Å². The molecule has 1 aromatic heterocycles. The lowest BCUT2D eigenvalue weighted by Crippen LogP contribution is -2.33. The Hall–Kier alpha value is -3.57. The fraction of sp³-hybridized carbons (Fsp3) is 0.304. The van der Waals surface area contributed by atoms with E-state index < -0.39 is 28.2 Å². The van der Waals surface area contributed by atoms with Crippen LogP contribution in [0.2, 0.25) is 0 Å². The molecule has 0 radical (unpaired) electrons. The second-order valence-corrected chi connectivity index (χ2v) is 8.64. The fourth-order valence-electron chi connectivity index (χ4n) is 4.27. The molecule has 2 unspecified atom stereocenters. The SMILES string of the molecule is CCOC(=O)Cn1ncc2c1CCCC2N(c1ccc(-c2cccc([N+](=O)[O-])c2)cc1)S(=O)[O-]. The number of fused-ring (bicyclic) bond motifs is 1. The molecule has 2 atom stereocenters. The molecule has 1 heterocycles. The van der Waals surface area contributed by atoms with Crippen LogP contribution < -0.4 is 4.31 Å². The molecule has 0 aliphatic heterocycles. The van der Waals surface area contributed by atoms with Crippen molar-refractivity contribution in [2.45, 2.75) is 38.8 Å². The van der Waals surface area contributed by atoms with E-state index in [9.17, 15) is 23.7 Å². The molecule has 0 amide bonds. The van der Waals surface area contributed by atoms with Crippen molar-refractivity contribution < 1.29 is 23.2 Å². The number of anilines is 1. The highest BCUT2D eigenvalue weighted by atomic mass is 32.2. The summed E-state index contributed by atoms with van der Waals surface area (Å²) in [4.78, 5) is 22.5. The number of esters is 1. The Balaban J connectivity index is 1.62. The number of nitro benzene ring substituents is 1. The monoisotopic (exact) mass is 483 g/mol. The number of non-ortho nitro benzene ring substituents is 1. The molecule has 0 N–H and O–H groups in total. The Kier molecular flexibility index (Phi) is 7.03. The van der Waals surface area contributed by atoms with E-state index in [1.807, 2.05) is 0 Å². The van der Waals surface area contributed by atoms with Gasteiger partial charge >= 0.3 is 5.97 Å². The minimum atomic E-state index is -2.56. The predicted octanol–water partition coefficient (Wildman–Crippen LogP) is 3.70. The molecule has 0 fully saturated rings. The van der Waals surface area contributed by atoms with Gasteiger partial charge in [0.25, 0.3) is 5.69 Å². The van der Waals surface area contributed by atoms with E-state index in [1.54, 1.807) is 54.2 Å². The van der Waals surface area contributed by atoms with Gasteiger partial charge in [0.05, 0.1) is 23.8 Å². The van der Waals surface area contributed by atoms with Gasteiger partial charge in [0.1, 0.15) is 6.54 Å². The molecule has 178 valence electrons. The largest absolute Gasteiger partial charge is 0.755 e. The number of ether oxygens (including phenoxy) is 1. The van der Waals surface area contributed by atoms with Crippen molar-refractivity contribution in [2.75, 3.05) is 10.9 Å². The second kappa shape index (κ2) is 10.1. The lowest BCUT2D eigenvalue weighted by molar-refractivity contribution is -0.384. The zero-order valence-electron chi connectivity index (χ0n) is 18.5. The number of rotatable bonds is 8. The number of carbonyl (C=O) groups is 1. The molecule has 3 aromatic rings. The van der Waals surface area contributed by atoms with Crippen LogP contribution in [0.1, 0.15) is 37.1 Å². The average Bonchev–Trinajstić information content (AvgIpc) is 3.23. The number of hydrogen-bond donors (Lipinski definition) is 0. The van der Waals surface area contributed by atoms with Crippen molar-refractivity contribution in [1.82, 2.24) is 9.78 Å². The van der Waals surface area contributed by atoms with E-state index >= 15 is 0 Å². The molecule has 4 rings (SSSR count). The van der Waals surface area contributed by atoms with E-state index in [0.717, 1.165) is 23.2 Å². The maximum Gasteiger partial charge on any atom is 0.327 e. The molecule has 10 nitrogen and oxygen atoms in total. The second-order valence-electron chi connectivity index (χ2n) is 7.81. The Labute approximate surface area is 198 Å². The van der Waals surface area contributed by atoms with Crippen LogP contribution in [0.25, 0.3) is 11.1 Å². The average molecular weight is 484 g/mol. The van der Waals surface area contributed by atoms with Crippen LogP contribution in [0.5, 0.6) is 0 Å². The smallest absolute Gasteiger partial charge is 0.327 e. The van der Waals surface area contributed by atoms with Crippen LogP contribution in [0.4, 0.5) is 11.4 Å². The van der Waals surface area contributed by atoms with Crippen molar-refractivity contribution in [3.8, 4) is 11.1 Å². The van der Waals surface area contributed by atoms with Crippen LogP contribution in [0.3, 0.4) is 0 Å². The molecule has 0 saturated carbocycles. The fourth-order valence-corrected chi connectivity index (χ4v) is 4.99. The highest BCUT2D eigenvalue weighted by Gasteiger charge is 2.30. The third-order valence-electron chi connectivity index (χ3n) is 5.77. The quantitative estimate of drug-likeness (QED) is 0.207. The summed E-state index contributed by atoms with van der Waals surface area (Å²) in [6.45, 7) is 1.99. The first kappa shape index (κ1) is 23.6. The Bertz CT molecular complexity index is 1230. The summed E-state index contributed by atoms with van der Waals surface area (Å²) in [6, 6.07) is 12.6. The molecule has 1 aliphatic carbocycles. The van der Waals surface area contributed by atoms with Gasteiger partial charge in [0.2, 0.25) is 0 Å². The Morgan fingerprint density at radius 2 is 2.03 bits per heavy atom. The Morgan fingerprint density at radius 3 is 2.71 bits per heavy atom. The summed E-state index contributed by atoms with van der Waals surface area (Å²) >= 11 is -2.56. The summed E-state index contributed by atoms with van der Waals surface area (Å²) in [7, 11) is 0. The van der Waals surface area contributed by atoms with Gasteiger partial charge in [-0.3, -0.25) is 28.1 Å². The maximum atomic E-state index is 12.3. The van der Waals surface area contributed by atoms with Crippen molar-refractivity contribution in [2.24, 2.45) is 0 Å². The molecule has 11 heteroatoms. The molecular formula is C23H23N4O6S-. The summed E-state index contributed by atoms with van der Waals surface area (Å²) in [5.41, 5.74) is 3.44. The number of nitro groups is 1. The zero-order valence-corrected chi connectivity index (χ0v) is 19.3. The highest BCUT2D eigenvalue weighted by Crippen LogP contribution is 2.38. The predicted molar refractivity (Wildman–Crippen MR) is 124 cm³/mol. The Morgan fingerprint density at radius 1 is 1.26 bits per heavy atom. The molecule has 2 aromatic carbocycles. The third-order valence-corrected chi connectivity index (χ3v) is 6.56. The number of aromatic nitrogens is 2. The lowest BCUT2D eigenvalue weighted by atomic mass is 9.92. The number of hydrogen-bond acceptors (Lipinski definition) is 7. The van der Waals surface area contributed by atoms with Crippen molar-refractivity contribution in [3.63, 3.8) is 0 Å². The van der Waals surface area contributed by atoms with Gasteiger partial charge in [-0.1, -0.05) is 24.3 Å². The van der Waals surface area contributed by atoms with Crippen LogP contribution >= 0.6 is 0 Å². The highest BCUT2D eigenvalue weighted by molar-refractivity contribution is 7.80. The molecule has 1 aliphatic rings. The number of benzene rings is 2. The standard InChI is InChI=1S/C23H24N4O6S/c1-2-33-23(28)15-25-21-7-4-8-22(20(21)14-24-25)26(34(31)32)18-11-9-16(10-12-18)17-5-3-6-19(13-17)27(29)30/h3,5-6,9-14,22H,2,4,7-8,15H2,1H3,(H,31,32)/p-1. The van der Waals surface area contributed by atoms with Gasteiger partial charge in [-0.2, -0.15) is 5.10 Å². The van der Waals surface area contributed by atoms with Gasteiger partial charge in [-0.15, -0.1) is 0 Å². The van der Waals surface area contributed by atoms with Crippen LogP contribution in [-0.4, -0.2) is 36.0 Å². The number of nitrogens with zero attached hydrogens (tertiary/aromatic N) is 4. The minimum Gasteiger partial charge on any atom is -0.755 e. The van der Waals surface area contributed by atoms with Crippen LogP contribution in [0.15, 0.2) is 54.7 Å². The first-order valence-corrected chi connectivity index (χ1v) is 11.9. The zero-order chi connectivity index (χ0) is 24.2. The van der Waals surface area contributed by atoms with Crippen molar-refractivity contribution in [3.05, 3.63) is 76.1 Å². The van der Waals surface area contributed by atoms with Crippen molar-refractivity contribution >= 4 is 28.6 Å². The third kappa shape index (κ3) is 4.85. The molecule has 0 bridgehead atoms. The summed E-state index contributed by atoms with van der Waals surface area (Å²) in [5, 5.41) is 15.4. The van der Waals surface area contributed by atoms with E-state index in [-0.39, 0.29) is 18.8 Å². The van der Waals surface area contributed by atoms with E-state index in [4.69, 9.17) is 4.74 Å². The summed E-state index contributed by atoms with van der Waals surface area (Å²) in [6.07, 6.45) is 3.66. The minimum absolute atomic E-state index is 0.0153. The summed E-state index contributed by atoms with van der Waals surface area (Å²) in [5.74, 6) is -0.392. The van der Waals surface area contributed by atoms with Crippen molar-refractivity contribution in [1.29, 1.82) is 0 Å². The lowest BCUT2D eigenvalue weighted by Gasteiger charge is -2.37. The molecule has 0 spiro atoms. The molecule has 34 heavy (non-hydrogen) atoms. The van der Waals surface area contributed by atoms with E-state index in [0.29, 0.717) is 24.1 Å². The van der Waals surface area contributed by atoms with Gasteiger partial charge in [-0.25, -0.2) is 0 Å². The van der Waals surface area contributed by atoms with Gasteiger partial charge in [-0.05, 0) is 49.4 Å². The molecule has 0 saturated heterocycles. The number of carbonyl (C=O) groups excluding carboxylic acids is 1. The first-order valence-electron chi connectivity index (χ1n) is 10.8. The summed E-state index contributed by atoms with van der Waals surface area (Å²) < 4.78 is 32.5. The van der Waals surface area contributed by atoms with E-state index in [2.05, 4.69) is 5.10 Å². The van der Waals surface area contributed by atoms with Crippen LogP contribution in [-0.2, 0) is 33.8 Å². The van der Waals surface area contributed by atoms with Gasteiger partial charge in [0.15, 0.2) is 0 Å².